The zero-order chi connectivity index (χ0) is 21.8. The van der Waals surface area contributed by atoms with Crippen LogP contribution >= 0.6 is 0 Å². The fourth-order valence-electron chi connectivity index (χ4n) is 3.71. The van der Waals surface area contributed by atoms with Crippen LogP contribution in [-0.4, -0.2) is 54.0 Å². The summed E-state index contributed by atoms with van der Waals surface area (Å²) in [6, 6.07) is 10.9. The minimum Gasteiger partial charge on any atom is -0.508 e. The lowest BCUT2D eigenvalue weighted by atomic mass is 10.0. The van der Waals surface area contributed by atoms with Crippen molar-refractivity contribution in [3.8, 4) is 11.5 Å². The highest BCUT2D eigenvalue weighted by Gasteiger charge is 2.23. The van der Waals surface area contributed by atoms with Gasteiger partial charge in [-0.25, -0.2) is 0 Å². The molecule has 0 aliphatic heterocycles. The van der Waals surface area contributed by atoms with Crippen molar-refractivity contribution in [2.45, 2.75) is 25.9 Å². The molecule has 2 N–H and O–H groups in total. The second kappa shape index (κ2) is 9.28. The quantitative estimate of drug-likeness (QED) is 0.709. The lowest BCUT2D eigenvalue weighted by Gasteiger charge is -2.12. The van der Waals surface area contributed by atoms with E-state index in [4.69, 9.17) is 0 Å². The Balaban J connectivity index is 1.82. The first-order valence-corrected chi connectivity index (χ1v) is 10.1. The number of benzene rings is 2. The molecular formula is C25H30N2O3. The van der Waals surface area contributed by atoms with E-state index in [1.54, 1.807) is 12.1 Å². The fraction of sp³-hybridized carbons (Fsp3) is 0.320. The van der Waals surface area contributed by atoms with Gasteiger partial charge in [0.25, 0.3) is 0 Å². The van der Waals surface area contributed by atoms with Crippen molar-refractivity contribution in [1.82, 2.24) is 9.80 Å². The average Bonchev–Trinajstić information content (AvgIpc) is 3.00. The second-order valence-corrected chi connectivity index (χ2v) is 8.42. The van der Waals surface area contributed by atoms with Gasteiger partial charge in [0.15, 0.2) is 5.78 Å². The largest absolute Gasteiger partial charge is 0.508 e. The molecule has 0 aromatic heterocycles. The molecule has 2 aromatic carbocycles. The van der Waals surface area contributed by atoms with Crippen molar-refractivity contribution in [2.24, 2.45) is 0 Å². The van der Waals surface area contributed by atoms with E-state index in [1.807, 2.05) is 74.4 Å². The van der Waals surface area contributed by atoms with Crippen molar-refractivity contribution >= 4 is 17.9 Å². The lowest BCUT2D eigenvalue weighted by Crippen LogP contribution is -2.10. The van der Waals surface area contributed by atoms with E-state index in [2.05, 4.69) is 0 Å². The summed E-state index contributed by atoms with van der Waals surface area (Å²) >= 11 is 0. The molecule has 1 saturated carbocycles. The average molecular weight is 407 g/mol. The van der Waals surface area contributed by atoms with E-state index in [-0.39, 0.29) is 17.3 Å². The molecule has 158 valence electrons. The zero-order valence-corrected chi connectivity index (χ0v) is 18.1. The van der Waals surface area contributed by atoms with Crippen LogP contribution in [0.15, 0.2) is 47.5 Å². The number of phenolic OH excluding ortho intramolecular Hbond substituents is 2. The van der Waals surface area contributed by atoms with E-state index in [9.17, 15) is 15.0 Å². The van der Waals surface area contributed by atoms with Gasteiger partial charge in [0, 0.05) is 35.4 Å². The van der Waals surface area contributed by atoms with Crippen LogP contribution in [0.25, 0.3) is 12.2 Å². The Morgan fingerprint density at radius 1 is 0.767 bits per heavy atom. The molecule has 3 rings (SSSR count). The Hall–Kier alpha value is -2.89. The van der Waals surface area contributed by atoms with Gasteiger partial charge in [-0.15, -0.1) is 0 Å². The number of phenols is 2. The highest BCUT2D eigenvalue weighted by Crippen LogP contribution is 2.31. The number of Topliss-reactive ketones (excluding diaryl/α,β-unsaturated/α-hetero) is 1. The Kier molecular flexibility index (Phi) is 6.75. The number of carbonyl (C=O) groups excluding carboxylic acids is 1. The summed E-state index contributed by atoms with van der Waals surface area (Å²) in [4.78, 5) is 16.9. The third-order valence-corrected chi connectivity index (χ3v) is 5.11. The van der Waals surface area contributed by atoms with Gasteiger partial charge in [-0.3, -0.25) is 4.79 Å². The van der Waals surface area contributed by atoms with E-state index >= 15 is 0 Å². The summed E-state index contributed by atoms with van der Waals surface area (Å²) in [6.07, 6.45) is 5.26. The fourth-order valence-corrected chi connectivity index (χ4v) is 3.71. The molecular weight excluding hydrogens is 376 g/mol. The van der Waals surface area contributed by atoms with Gasteiger partial charge < -0.3 is 20.0 Å². The number of aromatic hydroxyl groups is 2. The molecule has 0 saturated heterocycles. The maximum Gasteiger partial charge on any atom is 0.185 e. The number of hydrogen-bond donors (Lipinski definition) is 2. The number of carbonyl (C=O) groups is 1. The third kappa shape index (κ3) is 5.38. The van der Waals surface area contributed by atoms with Crippen LogP contribution in [-0.2, 0) is 17.9 Å². The number of rotatable bonds is 6. The number of ketones is 1. The van der Waals surface area contributed by atoms with E-state index < -0.39 is 0 Å². The first-order chi connectivity index (χ1) is 14.2. The molecule has 2 aromatic rings. The zero-order valence-electron chi connectivity index (χ0n) is 18.1. The minimum atomic E-state index is 0.0690. The van der Waals surface area contributed by atoms with Crippen molar-refractivity contribution in [3.63, 3.8) is 0 Å². The summed E-state index contributed by atoms with van der Waals surface area (Å²) in [5, 5.41) is 20.1. The molecule has 0 amide bonds. The number of nitrogens with zero attached hydrogens (tertiary/aromatic N) is 2. The molecule has 5 nitrogen and oxygen atoms in total. The van der Waals surface area contributed by atoms with Crippen LogP contribution in [0.1, 0.15) is 35.1 Å². The van der Waals surface area contributed by atoms with Crippen LogP contribution in [0.5, 0.6) is 11.5 Å². The summed E-state index contributed by atoms with van der Waals surface area (Å²) < 4.78 is 0. The molecule has 5 heteroatoms. The first-order valence-electron chi connectivity index (χ1n) is 10.1. The van der Waals surface area contributed by atoms with Gasteiger partial charge in [-0.05, 0) is 88.6 Å². The van der Waals surface area contributed by atoms with E-state index in [1.165, 1.54) is 0 Å². The highest BCUT2D eigenvalue weighted by molar-refractivity contribution is 6.15. The number of hydrogen-bond acceptors (Lipinski definition) is 5. The smallest absolute Gasteiger partial charge is 0.185 e. The summed E-state index contributed by atoms with van der Waals surface area (Å²) in [5.41, 5.74) is 5.10. The van der Waals surface area contributed by atoms with Crippen LogP contribution in [0.4, 0.5) is 0 Å². The lowest BCUT2D eigenvalue weighted by molar-refractivity contribution is -0.111. The molecule has 1 aliphatic carbocycles. The maximum absolute atomic E-state index is 12.9. The normalized spacial score (nSPS) is 17.1. The molecule has 30 heavy (non-hydrogen) atoms. The standard InChI is InChI=1S/C25H30N2O3/c1-26(2)15-21-13-17(5-9-23(21)28)11-19-7-8-20(25(19)30)12-18-6-10-24(29)22(14-18)16-27(3)4/h5-6,9-14,28-29H,7-8,15-16H2,1-4H3/b19-11+,20-12+. The van der Waals surface area contributed by atoms with Gasteiger partial charge in [0.1, 0.15) is 11.5 Å². The van der Waals surface area contributed by atoms with E-state index in [0.717, 1.165) is 33.4 Å². The van der Waals surface area contributed by atoms with Crippen molar-refractivity contribution < 1.29 is 15.0 Å². The molecule has 0 spiro atoms. The Labute approximate surface area is 178 Å². The second-order valence-electron chi connectivity index (χ2n) is 8.42. The Morgan fingerprint density at radius 3 is 1.53 bits per heavy atom. The summed E-state index contributed by atoms with van der Waals surface area (Å²) in [5.74, 6) is 0.606. The van der Waals surface area contributed by atoms with Gasteiger partial charge in [0.2, 0.25) is 0 Å². The Morgan fingerprint density at radius 2 is 1.17 bits per heavy atom. The van der Waals surface area contributed by atoms with Crippen LogP contribution in [0.3, 0.4) is 0 Å². The minimum absolute atomic E-state index is 0.0690. The van der Waals surface area contributed by atoms with Crippen LogP contribution in [0, 0.1) is 0 Å². The molecule has 0 unspecified atom stereocenters. The van der Waals surface area contributed by atoms with Gasteiger partial charge in [0.05, 0.1) is 0 Å². The predicted octanol–water partition coefficient (Wildman–Crippen LogP) is 4.05. The monoisotopic (exact) mass is 406 g/mol. The SMILES string of the molecule is CN(C)Cc1cc(/C=C2\CC/C(=C\c3ccc(O)c(CN(C)C)c3)C2=O)ccc1O. The van der Waals surface area contributed by atoms with Crippen molar-refractivity contribution in [3.05, 3.63) is 69.8 Å². The third-order valence-electron chi connectivity index (χ3n) is 5.11. The maximum atomic E-state index is 12.9. The van der Waals surface area contributed by atoms with Gasteiger partial charge in [-0.1, -0.05) is 12.1 Å². The molecule has 0 radical (unpaired) electrons. The van der Waals surface area contributed by atoms with Crippen LogP contribution in [0.2, 0.25) is 0 Å². The van der Waals surface area contributed by atoms with Crippen molar-refractivity contribution in [1.29, 1.82) is 0 Å². The summed E-state index contributed by atoms with van der Waals surface area (Å²) in [7, 11) is 7.82. The predicted molar refractivity (Wildman–Crippen MR) is 121 cm³/mol. The molecule has 0 atom stereocenters. The van der Waals surface area contributed by atoms with Crippen molar-refractivity contribution in [2.75, 3.05) is 28.2 Å². The highest BCUT2D eigenvalue weighted by atomic mass is 16.3. The molecule has 0 bridgehead atoms. The Bertz CT molecular complexity index is 924. The number of allylic oxidation sites excluding steroid dienone is 2. The van der Waals surface area contributed by atoms with Crippen LogP contribution < -0.4 is 0 Å². The van der Waals surface area contributed by atoms with Gasteiger partial charge >= 0.3 is 0 Å². The molecule has 1 aliphatic rings. The molecule has 1 fully saturated rings. The van der Waals surface area contributed by atoms with E-state index in [0.29, 0.717) is 25.9 Å². The summed E-state index contributed by atoms with van der Waals surface area (Å²) in [6.45, 7) is 1.27. The topological polar surface area (TPSA) is 64.0 Å². The first kappa shape index (κ1) is 21.8. The van der Waals surface area contributed by atoms with Gasteiger partial charge in [-0.2, -0.15) is 0 Å². The molecule has 0 heterocycles.